The lowest BCUT2D eigenvalue weighted by atomic mass is 10.1. The van der Waals surface area contributed by atoms with Crippen molar-refractivity contribution in [3.8, 4) is 11.8 Å². The van der Waals surface area contributed by atoms with E-state index in [-0.39, 0.29) is 16.9 Å². The van der Waals surface area contributed by atoms with Crippen LogP contribution in [0, 0.1) is 11.3 Å². The Morgan fingerprint density at radius 2 is 1.91 bits per heavy atom. The molecule has 1 atom stereocenters. The summed E-state index contributed by atoms with van der Waals surface area (Å²) in [7, 11) is -4.10. The second-order valence-corrected chi connectivity index (χ2v) is 9.33. The van der Waals surface area contributed by atoms with E-state index in [1.807, 2.05) is 0 Å². The zero-order valence-corrected chi connectivity index (χ0v) is 18.4. The Bertz CT molecular complexity index is 1330. The second kappa shape index (κ2) is 10.8. The van der Waals surface area contributed by atoms with Gasteiger partial charge in [0.15, 0.2) is 9.84 Å². The Morgan fingerprint density at radius 1 is 1.15 bits per heavy atom. The molecule has 0 aliphatic carbocycles. The molecule has 3 aromatic rings. The molecular weight excluding hydrogens is 470 g/mol. The fourth-order valence-electron chi connectivity index (χ4n) is 3.25. The number of rotatable bonds is 10. The van der Waals surface area contributed by atoms with Gasteiger partial charge in [0.25, 0.3) is 5.91 Å². The molecule has 1 unspecified atom stereocenters. The summed E-state index contributed by atoms with van der Waals surface area (Å²) >= 11 is 0. The number of carbonyl (C=O) groups excluding carboxylic acids is 2. The first-order valence-corrected chi connectivity index (χ1v) is 11.8. The van der Waals surface area contributed by atoms with Gasteiger partial charge in [0.2, 0.25) is 5.91 Å². The Hall–Kier alpha value is -3.98. The van der Waals surface area contributed by atoms with Crippen LogP contribution in [0.2, 0.25) is 0 Å². The number of alkyl halides is 2. The maximum atomic E-state index is 12.8. The lowest BCUT2D eigenvalue weighted by Gasteiger charge is -2.18. The van der Waals surface area contributed by atoms with Gasteiger partial charge >= 0.3 is 6.61 Å². The summed E-state index contributed by atoms with van der Waals surface area (Å²) in [6.45, 7) is -3.55. The number of nitrogens with zero attached hydrogens (tertiary/aromatic N) is 1. The van der Waals surface area contributed by atoms with Crippen molar-refractivity contribution in [2.24, 2.45) is 0 Å². The van der Waals surface area contributed by atoms with Crippen molar-refractivity contribution in [1.29, 1.82) is 5.26 Å². The molecule has 0 fully saturated rings. The maximum Gasteiger partial charge on any atom is 0.387 e. The van der Waals surface area contributed by atoms with Gasteiger partial charge in [-0.1, -0.05) is 18.2 Å². The molecular formula is C22H20F2N4O5S. The molecule has 0 radical (unpaired) electrons. The maximum absolute atomic E-state index is 12.8. The highest BCUT2D eigenvalue weighted by Crippen LogP contribution is 2.23. The van der Waals surface area contributed by atoms with E-state index < -0.39 is 52.4 Å². The van der Waals surface area contributed by atoms with E-state index in [9.17, 15) is 26.8 Å². The van der Waals surface area contributed by atoms with Crippen LogP contribution in [0.25, 0.3) is 10.9 Å². The highest BCUT2D eigenvalue weighted by atomic mass is 32.2. The van der Waals surface area contributed by atoms with Crippen LogP contribution in [0.5, 0.6) is 5.75 Å². The molecule has 34 heavy (non-hydrogen) atoms. The molecule has 0 aliphatic heterocycles. The van der Waals surface area contributed by atoms with Crippen molar-refractivity contribution in [3.05, 3.63) is 65.9 Å². The van der Waals surface area contributed by atoms with Crippen LogP contribution in [0.4, 0.5) is 8.78 Å². The molecule has 0 saturated carbocycles. The van der Waals surface area contributed by atoms with Crippen molar-refractivity contribution in [2.75, 3.05) is 12.3 Å². The number of benzene rings is 2. The third-order valence-corrected chi connectivity index (χ3v) is 6.36. The number of nitriles is 1. The summed E-state index contributed by atoms with van der Waals surface area (Å²) in [6, 6.07) is 12.0. The molecule has 3 N–H and O–H groups in total. The van der Waals surface area contributed by atoms with Crippen molar-refractivity contribution in [1.82, 2.24) is 15.6 Å². The number of ether oxygens (including phenoxy) is 1. The minimum absolute atomic E-state index is 0.0248. The summed E-state index contributed by atoms with van der Waals surface area (Å²) in [5, 5.41) is 14.1. The second-order valence-electron chi connectivity index (χ2n) is 7.22. The summed E-state index contributed by atoms with van der Waals surface area (Å²) in [5.41, 5.74) is 0.952. The number of aromatic nitrogens is 1. The fraction of sp³-hybridized carbons (Fsp3) is 0.227. The van der Waals surface area contributed by atoms with E-state index in [0.717, 1.165) is 10.9 Å². The van der Waals surface area contributed by atoms with Crippen LogP contribution in [-0.4, -0.2) is 50.2 Å². The van der Waals surface area contributed by atoms with Crippen molar-refractivity contribution in [3.63, 3.8) is 0 Å². The minimum Gasteiger partial charge on any atom is -0.435 e. The molecule has 0 aliphatic rings. The van der Waals surface area contributed by atoms with Crippen LogP contribution < -0.4 is 15.4 Å². The lowest BCUT2D eigenvalue weighted by molar-refractivity contribution is -0.122. The molecule has 0 spiro atoms. The quantitative estimate of drug-likeness (QED) is 0.372. The molecule has 0 bridgehead atoms. The number of H-pyrrole nitrogens is 1. The Morgan fingerprint density at radius 3 is 2.65 bits per heavy atom. The first-order chi connectivity index (χ1) is 16.2. The predicted octanol–water partition coefficient (Wildman–Crippen LogP) is 2.12. The number of fused-ring (bicyclic) bond motifs is 1. The van der Waals surface area contributed by atoms with E-state index in [1.54, 1.807) is 30.5 Å². The third kappa shape index (κ3) is 6.52. The minimum atomic E-state index is -4.10. The van der Waals surface area contributed by atoms with Crippen molar-refractivity contribution < 1.29 is 31.5 Å². The molecule has 2 aromatic carbocycles. The standard InChI is InChI=1S/C22H20F2N4O5S/c23-22(24)33-19-4-2-1-3-16(19)12-34(31,32)13-18(21(30)27-10-8-25)28-20(29)15-5-6-17-14(11-15)7-9-26-17/h1-7,9,11,18,22,26H,10,12-13H2,(H,27,30)(H,28,29). The first kappa shape index (κ1) is 24.7. The van der Waals surface area contributed by atoms with Gasteiger partial charge in [0.05, 0.1) is 17.6 Å². The Balaban J connectivity index is 1.80. The molecule has 1 heterocycles. The molecule has 12 heteroatoms. The van der Waals surface area contributed by atoms with E-state index in [0.29, 0.717) is 0 Å². The van der Waals surface area contributed by atoms with Crippen LogP contribution in [-0.2, 0) is 20.4 Å². The molecule has 0 saturated heterocycles. The van der Waals surface area contributed by atoms with Crippen molar-refractivity contribution in [2.45, 2.75) is 18.4 Å². The van der Waals surface area contributed by atoms with Gasteiger partial charge in [-0.2, -0.15) is 14.0 Å². The summed E-state index contributed by atoms with van der Waals surface area (Å²) in [4.78, 5) is 28.2. The zero-order valence-electron chi connectivity index (χ0n) is 17.6. The molecule has 178 valence electrons. The van der Waals surface area contributed by atoms with Gasteiger partial charge in [-0.3, -0.25) is 9.59 Å². The average Bonchev–Trinajstić information content (AvgIpc) is 3.25. The normalized spacial score (nSPS) is 12.2. The highest BCUT2D eigenvalue weighted by Gasteiger charge is 2.28. The fourth-order valence-corrected chi connectivity index (χ4v) is 4.83. The first-order valence-electron chi connectivity index (χ1n) is 9.94. The van der Waals surface area contributed by atoms with Gasteiger partial charge in [0.1, 0.15) is 18.3 Å². The van der Waals surface area contributed by atoms with Gasteiger partial charge in [-0.25, -0.2) is 8.42 Å². The molecule has 9 nitrogen and oxygen atoms in total. The number of sulfone groups is 1. The van der Waals surface area contributed by atoms with E-state index >= 15 is 0 Å². The molecule has 3 rings (SSSR count). The van der Waals surface area contributed by atoms with Crippen LogP contribution in [0.15, 0.2) is 54.7 Å². The third-order valence-electron chi connectivity index (χ3n) is 4.76. The number of hydrogen-bond acceptors (Lipinski definition) is 6. The Kier molecular flexibility index (Phi) is 7.80. The topological polar surface area (TPSA) is 141 Å². The van der Waals surface area contributed by atoms with E-state index in [1.165, 1.54) is 30.3 Å². The zero-order chi connectivity index (χ0) is 24.7. The number of amides is 2. The van der Waals surface area contributed by atoms with Gasteiger partial charge in [-0.15, -0.1) is 0 Å². The average molecular weight is 490 g/mol. The van der Waals surface area contributed by atoms with Crippen LogP contribution in [0.1, 0.15) is 15.9 Å². The lowest BCUT2D eigenvalue weighted by Crippen LogP contribution is -2.50. The van der Waals surface area contributed by atoms with E-state index in [2.05, 4.69) is 20.4 Å². The largest absolute Gasteiger partial charge is 0.435 e. The van der Waals surface area contributed by atoms with Crippen LogP contribution in [0.3, 0.4) is 0 Å². The number of nitrogens with one attached hydrogen (secondary N) is 3. The van der Waals surface area contributed by atoms with Gasteiger partial charge < -0.3 is 20.4 Å². The molecule has 1 aromatic heterocycles. The van der Waals surface area contributed by atoms with E-state index in [4.69, 9.17) is 5.26 Å². The van der Waals surface area contributed by atoms with Gasteiger partial charge in [-0.05, 0) is 30.3 Å². The Labute approximate surface area is 193 Å². The summed E-state index contributed by atoms with van der Waals surface area (Å²) in [6.07, 6.45) is 1.69. The number of hydrogen-bond donors (Lipinski definition) is 3. The predicted molar refractivity (Wildman–Crippen MR) is 119 cm³/mol. The number of aromatic amines is 1. The van der Waals surface area contributed by atoms with Crippen LogP contribution >= 0.6 is 0 Å². The number of para-hydroxylation sites is 1. The van der Waals surface area contributed by atoms with Gasteiger partial charge in [0, 0.05) is 28.2 Å². The molecule has 2 amide bonds. The van der Waals surface area contributed by atoms with Crippen molar-refractivity contribution >= 4 is 32.6 Å². The summed E-state index contributed by atoms with van der Waals surface area (Å²) < 4.78 is 55.3. The summed E-state index contributed by atoms with van der Waals surface area (Å²) in [5.74, 6) is -3.42. The SMILES string of the molecule is N#CCNC(=O)C(CS(=O)(=O)Cc1ccccc1OC(F)F)NC(=O)c1ccc2[nH]ccc2c1. The monoisotopic (exact) mass is 490 g/mol. The highest BCUT2D eigenvalue weighted by molar-refractivity contribution is 7.90. The number of halogens is 2. The smallest absolute Gasteiger partial charge is 0.387 e. The number of carbonyl (C=O) groups is 2.